The van der Waals surface area contributed by atoms with Crippen molar-refractivity contribution in [3.05, 3.63) is 0 Å². The first-order chi connectivity index (χ1) is 10.6. The molecule has 3 aliphatic heterocycles. The van der Waals surface area contributed by atoms with Gasteiger partial charge in [-0.1, -0.05) is 0 Å². The predicted octanol–water partition coefficient (Wildman–Crippen LogP) is 1.39. The van der Waals surface area contributed by atoms with Crippen LogP contribution in [0.3, 0.4) is 0 Å². The van der Waals surface area contributed by atoms with Gasteiger partial charge >= 0.3 is 5.97 Å². The fourth-order valence-electron chi connectivity index (χ4n) is 3.61. The number of ketones is 1. The van der Waals surface area contributed by atoms with E-state index in [1.807, 2.05) is 0 Å². The molecule has 0 radical (unpaired) electrons. The van der Waals surface area contributed by atoms with Gasteiger partial charge in [0.2, 0.25) is 0 Å². The van der Waals surface area contributed by atoms with Gasteiger partial charge < -0.3 is 18.9 Å². The van der Waals surface area contributed by atoms with Crippen molar-refractivity contribution in [2.24, 2.45) is 0 Å². The molecule has 5 atom stereocenters. The van der Waals surface area contributed by atoms with Gasteiger partial charge in [0.1, 0.15) is 12.2 Å². The second-order valence-electron chi connectivity index (χ2n) is 6.34. The van der Waals surface area contributed by atoms with Gasteiger partial charge in [0.25, 0.3) is 0 Å². The van der Waals surface area contributed by atoms with E-state index in [1.165, 1.54) is 6.92 Å². The molecule has 6 nitrogen and oxygen atoms in total. The monoisotopic (exact) mass is 312 g/mol. The predicted molar refractivity (Wildman–Crippen MR) is 76.4 cm³/mol. The summed E-state index contributed by atoms with van der Waals surface area (Å²) in [5.41, 5.74) is 0. The summed E-state index contributed by atoms with van der Waals surface area (Å²) < 4.78 is 23.0. The Hall–Kier alpha value is -0.980. The lowest BCUT2D eigenvalue weighted by Crippen LogP contribution is -2.46. The summed E-state index contributed by atoms with van der Waals surface area (Å²) in [6.45, 7) is 2.64. The van der Waals surface area contributed by atoms with Crippen LogP contribution in [0.25, 0.3) is 0 Å². The average molecular weight is 312 g/mol. The molecule has 3 heterocycles. The second kappa shape index (κ2) is 7.06. The second-order valence-corrected chi connectivity index (χ2v) is 6.34. The van der Waals surface area contributed by atoms with E-state index in [2.05, 4.69) is 0 Å². The molecule has 0 bridgehead atoms. The number of hydrogen-bond donors (Lipinski definition) is 0. The fourth-order valence-corrected chi connectivity index (χ4v) is 3.61. The minimum Gasteiger partial charge on any atom is -0.462 e. The number of rotatable bonds is 1. The van der Waals surface area contributed by atoms with Gasteiger partial charge in [-0.2, -0.15) is 0 Å². The first-order valence-corrected chi connectivity index (χ1v) is 8.22. The first-order valence-electron chi connectivity index (χ1n) is 8.22. The Morgan fingerprint density at radius 3 is 2.59 bits per heavy atom. The standard InChI is InChI=1S/C16H24O6/c1-10(17)21-11-8-12(18)16-14(5-3-7-20-16)22-13-4-2-6-19-15(13)9-11/h11,13-16H,2-9H2,1H3/t11?,13-,14-,15+,16+/m0/s1. The Morgan fingerprint density at radius 2 is 1.82 bits per heavy atom. The Kier molecular flexibility index (Phi) is 5.10. The summed E-state index contributed by atoms with van der Waals surface area (Å²) in [5.74, 6) is -0.402. The van der Waals surface area contributed by atoms with E-state index in [9.17, 15) is 9.59 Å². The molecule has 0 N–H and O–H groups in total. The zero-order valence-corrected chi connectivity index (χ0v) is 13.0. The molecule has 0 saturated carbocycles. The average Bonchev–Trinajstić information content (AvgIpc) is 2.53. The van der Waals surface area contributed by atoms with E-state index in [0.29, 0.717) is 19.6 Å². The van der Waals surface area contributed by atoms with Crippen molar-refractivity contribution in [2.75, 3.05) is 13.2 Å². The molecule has 0 aliphatic carbocycles. The summed E-state index contributed by atoms with van der Waals surface area (Å²) in [6.07, 6.45) is 2.92. The molecule has 3 rings (SSSR count). The molecule has 3 fully saturated rings. The molecular weight excluding hydrogens is 288 g/mol. The van der Waals surface area contributed by atoms with Crippen LogP contribution in [0, 0.1) is 0 Å². The topological polar surface area (TPSA) is 71.1 Å². The van der Waals surface area contributed by atoms with E-state index in [-0.39, 0.29) is 36.5 Å². The van der Waals surface area contributed by atoms with Crippen molar-refractivity contribution in [3.63, 3.8) is 0 Å². The highest BCUT2D eigenvalue weighted by Crippen LogP contribution is 2.30. The van der Waals surface area contributed by atoms with Crippen molar-refractivity contribution < 1.29 is 28.5 Å². The van der Waals surface area contributed by atoms with E-state index in [1.54, 1.807) is 0 Å². The van der Waals surface area contributed by atoms with Gasteiger partial charge in [-0.25, -0.2) is 0 Å². The highest BCUT2D eigenvalue weighted by molar-refractivity contribution is 5.84. The van der Waals surface area contributed by atoms with Crippen LogP contribution in [0.4, 0.5) is 0 Å². The smallest absolute Gasteiger partial charge is 0.302 e. The molecule has 0 aromatic rings. The van der Waals surface area contributed by atoms with Gasteiger partial charge in [-0.05, 0) is 25.7 Å². The van der Waals surface area contributed by atoms with Crippen molar-refractivity contribution in [1.29, 1.82) is 0 Å². The van der Waals surface area contributed by atoms with Crippen LogP contribution in [-0.2, 0) is 28.5 Å². The number of carbonyl (C=O) groups excluding carboxylic acids is 2. The van der Waals surface area contributed by atoms with Crippen LogP contribution in [0.15, 0.2) is 0 Å². The van der Waals surface area contributed by atoms with Crippen molar-refractivity contribution in [1.82, 2.24) is 0 Å². The molecule has 1 unspecified atom stereocenters. The quantitative estimate of drug-likeness (QED) is 0.682. The van der Waals surface area contributed by atoms with Gasteiger partial charge in [0, 0.05) is 33.0 Å². The van der Waals surface area contributed by atoms with Gasteiger partial charge in [0.15, 0.2) is 5.78 Å². The van der Waals surface area contributed by atoms with Crippen molar-refractivity contribution in [2.45, 2.75) is 76.0 Å². The zero-order chi connectivity index (χ0) is 15.5. The number of carbonyl (C=O) groups is 2. The van der Waals surface area contributed by atoms with Crippen molar-refractivity contribution >= 4 is 11.8 Å². The molecular formula is C16H24O6. The van der Waals surface area contributed by atoms with E-state index in [0.717, 1.165) is 25.7 Å². The SMILES string of the molecule is CC(=O)OC1CC(=O)[C@H]2OCCC[C@@H]2O[C@H]2CCCO[C@@H]2C1. The van der Waals surface area contributed by atoms with Crippen LogP contribution in [0.5, 0.6) is 0 Å². The van der Waals surface area contributed by atoms with Crippen molar-refractivity contribution in [3.8, 4) is 0 Å². The number of hydrogen-bond acceptors (Lipinski definition) is 6. The summed E-state index contributed by atoms with van der Waals surface area (Å²) in [4.78, 5) is 23.8. The Balaban J connectivity index is 1.80. The minimum atomic E-state index is -0.535. The van der Waals surface area contributed by atoms with E-state index >= 15 is 0 Å². The largest absolute Gasteiger partial charge is 0.462 e. The van der Waals surface area contributed by atoms with Gasteiger partial charge in [-0.3, -0.25) is 9.59 Å². The molecule has 0 amide bonds. The molecule has 3 saturated heterocycles. The van der Waals surface area contributed by atoms with Gasteiger partial charge in [0.05, 0.1) is 18.3 Å². The Labute approximate surface area is 130 Å². The van der Waals surface area contributed by atoms with Crippen LogP contribution in [0.2, 0.25) is 0 Å². The highest BCUT2D eigenvalue weighted by atomic mass is 16.6. The van der Waals surface area contributed by atoms with Crippen LogP contribution >= 0.6 is 0 Å². The minimum absolute atomic E-state index is 0.0328. The normalized spacial score (nSPS) is 39.7. The Bertz CT molecular complexity index is 423. The molecule has 6 heteroatoms. The van der Waals surface area contributed by atoms with Crippen LogP contribution in [-0.4, -0.2) is 55.5 Å². The molecule has 0 aromatic heterocycles. The number of ether oxygens (including phenoxy) is 4. The maximum absolute atomic E-state index is 12.5. The first kappa shape index (κ1) is 15.9. The molecule has 3 aliphatic rings. The number of Topliss-reactive ketones (excluding diaryl/α,β-unsaturated/α-hetero) is 1. The van der Waals surface area contributed by atoms with Crippen LogP contribution in [0.1, 0.15) is 45.4 Å². The molecule has 22 heavy (non-hydrogen) atoms. The Morgan fingerprint density at radius 1 is 1.09 bits per heavy atom. The fraction of sp³-hybridized carbons (Fsp3) is 0.875. The highest BCUT2D eigenvalue weighted by Gasteiger charge is 2.41. The number of esters is 1. The lowest BCUT2D eigenvalue weighted by molar-refractivity contribution is -0.180. The zero-order valence-electron chi connectivity index (χ0n) is 13.0. The van der Waals surface area contributed by atoms with E-state index < -0.39 is 12.2 Å². The summed E-state index contributed by atoms with van der Waals surface area (Å²) >= 11 is 0. The maximum Gasteiger partial charge on any atom is 0.302 e. The summed E-state index contributed by atoms with van der Waals surface area (Å²) in [7, 11) is 0. The summed E-state index contributed by atoms with van der Waals surface area (Å²) in [6, 6.07) is 0. The third-order valence-corrected chi connectivity index (χ3v) is 4.57. The molecule has 0 aromatic carbocycles. The molecule has 0 spiro atoms. The third-order valence-electron chi connectivity index (χ3n) is 4.57. The lowest BCUT2D eigenvalue weighted by Gasteiger charge is -2.37. The van der Waals surface area contributed by atoms with Gasteiger partial charge in [-0.15, -0.1) is 0 Å². The maximum atomic E-state index is 12.5. The summed E-state index contributed by atoms with van der Waals surface area (Å²) in [5, 5.41) is 0. The molecule has 124 valence electrons. The van der Waals surface area contributed by atoms with E-state index in [4.69, 9.17) is 18.9 Å². The lowest BCUT2D eigenvalue weighted by atomic mass is 9.96. The van der Waals surface area contributed by atoms with Crippen LogP contribution < -0.4 is 0 Å². The third kappa shape index (κ3) is 3.67. The number of fused-ring (bicyclic) bond motifs is 2.